The number of nitrogens with zero attached hydrogens (tertiary/aromatic N) is 4. The van der Waals surface area contributed by atoms with Gasteiger partial charge < -0.3 is 10.2 Å². The molecule has 2 N–H and O–H groups in total. The summed E-state index contributed by atoms with van der Waals surface area (Å²) in [6.45, 7) is 3.51. The molecule has 1 amide bonds. The molecule has 3 heterocycles. The highest BCUT2D eigenvalue weighted by molar-refractivity contribution is 6.43. The van der Waals surface area contributed by atoms with E-state index in [0.717, 1.165) is 37.0 Å². The minimum atomic E-state index is -0.0829. The number of amides is 1. The van der Waals surface area contributed by atoms with Crippen molar-refractivity contribution in [1.82, 2.24) is 25.0 Å². The van der Waals surface area contributed by atoms with Gasteiger partial charge in [0.2, 0.25) is 0 Å². The van der Waals surface area contributed by atoms with Gasteiger partial charge in [-0.25, -0.2) is 4.98 Å². The lowest BCUT2D eigenvalue weighted by Crippen LogP contribution is -2.48. The van der Waals surface area contributed by atoms with Crippen LogP contribution in [0.25, 0.3) is 0 Å². The molecule has 9 heteroatoms. The van der Waals surface area contributed by atoms with E-state index in [1.807, 2.05) is 29.2 Å². The van der Waals surface area contributed by atoms with Gasteiger partial charge in [0.1, 0.15) is 5.82 Å². The van der Waals surface area contributed by atoms with Crippen LogP contribution in [0.3, 0.4) is 0 Å². The number of carbonyl (C=O) groups is 1. The number of pyridine rings is 1. The van der Waals surface area contributed by atoms with Crippen molar-refractivity contribution in [3.05, 3.63) is 70.0 Å². The Bertz CT molecular complexity index is 986. The fourth-order valence-corrected chi connectivity index (χ4v) is 3.66. The summed E-state index contributed by atoms with van der Waals surface area (Å²) >= 11 is 12.2. The van der Waals surface area contributed by atoms with Gasteiger partial charge in [-0.1, -0.05) is 35.3 Å². The number of piperazine rings is 1. The SMILES string of the molecule is O=C(c1cccc(Cl)c1Cl)N1CCN(Cc2cccc(Nc3cc[nH]n3)n2)CC1. The van der Waals surface area contributed by atoms with Gasteiger partial charge in [-0.3, -0.25) is 14.8 Å². The summed E-state index contributed by atoms with van der Waals surface area (Å²) in [6.07, 6.45) is 1.75. The quantitative estimate of drug-likeness (QED) is 0.643. The molecule has 2 aromatic heterocycles. The van der Waals surface area contributed by atoms with Crippen LogP contribution in [0.15, 0.2) is 48.7 Å². The third kappa shape index (κ3) is 4.70. The van der Waals surface area contributed by atoms with Gasteiger partial charge in [-0.15, -0.1) is 0 Å². The molecule has 7 nitrogen and oxygen atoms in total. The second kappa shape index (κ2) is 8.82. The molecule has 0 saturated carbocycles. The van der Waals surface area contributed by atoms with Gasteiger partial charge in [0.15, 0.2) is 5.82 Å². The van der Waals surface area contributed by atoms with Gasteiger partial charge in [0.05, 0.1) is 21.3 Å². The number of aromatic amines is 1. The number of nitrogens with one attached hydrogen (secondary N) is 2. The van der Waals surface area contributed by atoms with E-state index in [1.54, 1.807) is 24.4 Å². The Morgan fingerprint density at radius 2 is 1.83 bits per heavy atom. The number of hydrogen-bond acceptors (Lipinski definition) is 5. The zero-order chi connectivity index (χ0) is 20.2. The maximum Gasteiger partial charge on any atom is 0.255 e. The highest BCUT2D eigenvalue weighted by Crippen LogP contribution is 2.27. The van der Waals surface area contributed by atoms with Gasteiger partial charge in [0, 0.05) is 45.0 Å². The number of hydrogen-bond donors (Lipinski definition) is 2. The zero-order valence-electron chi connectivity index (χ0n) is 15.6. The van der Waals surface area contributed by atoms with Crippen molar-refractivity contribution < 1.29 is 4.79 Å². The van der Waals surface area contributed by atoms with Gasteiger partial charge >= 0.3 is 0 Å². The average Bonchev–Trinajstić information content (AvgIpc) is 3.23. The summed E-state index contributed by atoms with van der Waals surface area (Å²) in [5.74, 6) is 1.39. The lowest BCUT2D eigenvalue weighted by atomic mass is 10.1. The largest absolute Gasteiger partial charge is 0.336 e. The third-order valence-electron chi connectivity index (χ3n) is 4.79. The molecule has 3 aromatic rings. The maximum atomic E-state index is 12.8. The monoisotopic (exact) mass is 430 g/mol. The lowest BCUT2D eigenvalue weighted by Gasteiger charge is -2.34. The Balaban J connectivity index is 1.34. The summed E-state index contributed by atoms with van der Waals surface area (Å²) in [6, 6.07) is 12.9. The van der Waals surface area contributed by atoms with Crippen LogP contribution in [0.1, 0.15) is 16.1 Å². The fourth-order valence-electron chi connectivity index (χ4n) is 3.28. The highest BCUT2D eigenvalue weighted by atomic mass is 35.5. The fraction of sp³-hybridized carbons (Fsp3) is 0.250. The van der Waals surface area contributed by atoms with Gasteiger partial charge in [-0.2, -0.15) is 5.10 Å². The van der Waals surface area contributed by atoms with E-state index >= 15 is 0 Å². The number of H-pyrrole nitrogens is 1. The van der Waals surface area contributed by atoms with E-state index in [1.165, 1.54) is 0 Å². The van der Waals surface area contributed by atoms with Crippen molar-refractivity contribution in [3.8, 4) is 0 Å². The summed E-state index contributed by atoms with van der Waals surface area (Å²) in [5, 5.41) is 10.7. The van der Waals surface area contributed by atoms with Crippen LogP contribution >= 0.6 is 23.2 Å². The van der Waals surface area contributed by atoms with Crippen LogP contribution in [0, 0.1) is 0 Å². The Labute approximate surface area is 178 Å². The molecule has 1 saturated heterocycles. The first-order valence-corrected chi connectivity index (χ1v) is 10.0. The molecular weight excluding hydrogens is 411 g/mol. The first-order chi connectivity index (χ1) is 14.1. The third-order valence-corrected chi connectivity index (χ3v) is 5.61. The van der Waals surface area contributed by atoms with Crippen molar-refractivity contribution in [2.24, 2.45) is 0 Å². The average molecular weight is 431 g/mol. The number of rotatable bonds is 5. The summed E-state index contributed by atoms with van der Waals surface area (Å²) in [7, 11) is 0. The molecule has 1 aromatic carbocycles. The van der Waals surface area contributed by atoms with Crippen LogP contribution < -0.4 is 5.32 Å². The minimum Gasteiger partial charge on any atom is -0.336 e. The van der Waals surface area contributed by atoms with Crippen LogP contribution in [-0.2, 0) is 6.54 Å². The Hall–Kier alpha value is -2.61. The Kier molecular flexibility index (Phi) is 5.99. The molecule has 1 fully saturated rings. The molecule has 0 spiro atoms. The van der Waals surface area contributed by atoms with Crippen LogP contribution in [0.2, 0.25) is 10.0 Å². The second-order valence-corrected chi connectivity index (χ2v) is 7.55. The van der Waals surface area contributed by atoms with Crippen molar-refractivity contribution in [2.75, 3.05) is 31.5 Å². The summed E-state index contributed by atoms with van der Waals surface area (Å²) in [4.78, 5) is 21.5. The molecule has 29 heavy (non-hydrogen) atoms. The number of carbonyl (C=O) groups excluding carboxylic acids is 1. The van der Waals surface area contributed by atoms with E-state index in [9.17, 15) is 4.79 Å². The minimum absolute atomic E-state index is 0.0829. The number of aromatic nitrogens is 3. The van der Waals surface area contributed by atoms with E-state index in [4.69, 9.17) is 23.2 Å². The molecule has 0 bridgehead atoms. The standard InChI is InChI=1S/C20H20Cl2N6O/c21-16-5-2-4-15(19(16)22)20(29)28-11-9-27(10-12-28)13-14-3-1-6-17(24-14)25-18-7-8-23-26-18/h1-8H,9-13H2,(H2,23,24,25,26). The van der Waals surface area contributed by atoms with Crippen molar-refractivity contribution in [1.29, 1.82) is 0 Å². The van der Waals surface area contributed by atoms with E-state index in [2.05, 4.69) is 25.4 Å². The van der Waals surface area contributed by atoms with Crippen molar-refractivity contribution in [2.45, 2.75) is 6.54 Å². The van der Waals surface area contributed by atoms with Gasteiger partial charge in [0.25, 0.3) is 5.91 Å². The van der Waals surface area contributed by atoms with Crippen LogP contribution in [-0.4, -0.2) is 57.1 Å². The summed E-state index contributed by atoms with van der Waals surface area (Å²) in [5.41, 5.74) is 1.41. The highest BCUT2D eigenvalue weighted by Gasteiger charge is 2.24. The first-order valence-electron chi connectivity index (χ1n) is 9.28. The molecule has 0 atom stereocenters. The van der Waals surface area contributed by atoms with Crippen LogP contribution in [0.5, 0.6) is 0 Å². The first kappa shape index (κ1) is 19.7. The molecular formula is C20H20Cl2N6O. The molecule has 0 unspecified atom stereocenters. The normalized spacial score (nSPS) is 14.8. The molecule has 0 radical (unpaired) electrons. The zero-order valence-corrected chi connectivity index (χ0v) is 17.1. The van der Waals surface area contributed by atoms with Crippen LogP contribution in [0.4, 0.5) is 11.6 Å². The van der Waals surface area contributed by atoms with E-state index in [-0.39, 0.29) is 5.91 Å². The van der Waals surface area contributed by atoms with E-state index < -0.39 is 0 Å². The Morgan fingerprint density at radius 3 is 2.59 bits per heavy atom. The molecule has 1 aliphatic rings. The molecule has 4 rings (SSSR count). The second-order valence-electron chi connectivity index (χ2n) is 6.77. The lowest BCUT2D eigenvalue weighted by molar-refractivity contribution is 0.0627. The number of benzene rings is 1. The molecule has 1 aliphatic heterocycles. The Morgan fingerprint density at radius 1 is 1.03 bits per heavy atom. The molecule has 150 valence electrons. The number of anilines is 2. The number of halogens is 2. The van der Waals surface area contributed by atoms with Gasteiger partial charge in [-0.05, 0) is 24.3 Å². The van der Waals surface area contributed by atoms with Crippen molar-refractivity contribution >= 4 is 40.7 Å². The summed E-state index contributed by atoms with van der Waals surface area (Å²) < 4.78 is 0. The van der Waals surface area contributed by atoms with Crippen molar-refractivity contribution in [3.63, 3.8) is 0 Å². The smallest absolute Gasteiger partial charge is 0.255 e. The predicted octanol–water partition coefficient (Wildman–Crippen LogP) is 3.81. The maximum absolute atomic E-state index is 12.8. The predicted molar refractivity (Wildman–Crippen MR) is 114 cm³/mol. The molecule has 0 aliphatic carbocycles. The van der Waals surface area contributed by atoms with E-state index in [0.29, 0.717) is 28.7 Å². The topological polar surface area (TPSA) is 77.2 Å².